The van der Waals surface area contributed by atoms with E-state index < -0.39 is 0 Å². The fourth-order valence-corrected chi connectivity index (χ4v) is 2.80. The van der Waals surface area contributed by atoms with Crippen molar-refractivity contribution in [2.45, 2.75) is 44.7 Å². The number of nitrogens with two attached hydrogens (primary N) is 1. The molecule has 17 heavy (non-hydrogen) atoms. The summed E-state index contributed by atoms with van der Waals surface area (Å²) in [4.78, 5) is 16.7. The van der Waals surface area contributed by atoms with Crippen molar-refractivity contribution < 1.29 is 4.79 Å². The topological polar surface area (TPSA) is 68.0 Å². The van der Waals surface area contributed by atoms with Crippen LogP contribution < -0.4 is 11.1 Å². The number of nitrogens with zero attached hydrogens (tertiary/aromatic N) is 1. The van der Waals surface area contributed by atoms with Crippen LogP contribution in [0.4, 0.5) is 0 Å². The number of aromatic nitrogens is 1. The summed E-state index contributed by atoms with van der Waals surface area (Å²) in [6, 6.07) is 0.230. The maximum atomic E-state index is 11.9. The fraction of sp³-hybridized carbons (Fsp3) is 0.636. The van der Waals surface area contributed by atoms with E-state index in [4.69, 9.17) is 5.73 Å². The molecule has 2 rings (SSSR count). The van der Waals surface area contributed by atoms with E-state index >= 15 is 0 Å². The lowest BCUT2D eigenvalue weighted by atomic mass is 9.91. The van der Waals surface area contributed by atoms with Crippen LogP contribution in [0.5, 0.6) is 0 Å². The molecule has 1 aliphatic carbocycles. The average Bonchev–Trinajstić information content (AvgIpc) is 2.68. The molecule has 0 unspecified atom stereocenters. The van der Waals surface area contributed by atoms with Gasteiger partial charge in [0.15, 0.2) is 0 Å². The maximum absolute atomic E-state index is 11.9. The molecule has 1 heterocycles. The van der Waals surface area contributed by atoms with E-state index in [1.165, 1.54) is 17.8 Å². The second-order valence-corrected chi connectivity index (χ2v) is 5.15. The standard InChI is InChI=1S/C11H17N3OS.ClH/c1-7-10(16-6-13-7)11(15)14-9-5-3-2-4-8(9)12;/h6,8-9H,2-5,12H2,1H3,(H,14,15);1H/t8-,9-;/m1./s1. The third-order valence-electron chi connectivity index (χ3n) is 3.09. The number of hydrogen-bond acceptors (Lipinski definition) is 4. The number of aryl methyl sites for hydroxylation is 1. The van der Waals surface area contributed by atoms with Gasteiger partial charge in [0.05, 0.1) is 11.2 Å². The molecule has 6 heteroatoms. The normalized spacial score (nSPS) is 23.9. The van der Waals surface area contributed by atoms with E-state index in [1.807, 2.05) is 6.92 Å². The van der Waals surface area contributed by atoms with Gasteiger partial charge in [-0.05, 0) is 19.8 Å². The van der Waals surface area contributed by atoms with Gasteiger partial charge in [-0.25, -0.2) is 4.98 Å². The molecule has 0 saturated heterocycles. The predicted molar refractivity (Wildman–Crippen MR) is 71.8 cm³/mol. The molecule has 2 atom stereocenters. The van der Waals surface area contributed by atoms with Crippen molar-refractivity contribution in [3.05, 3.63) is 16.1 Å². The lowest BCUT2D eigenvalue weighted by Crippen LogP contribution is -2.49. The van der Waals surface area contributed by atoms with Crippen LogP contribution in [0.15, 0.2) is 5.51 Å². The lowest BCUT2D eigenvalue weighted by molar-refractivity contribution is 0.0924. The number of thiazole rings is 1. The van der Waals surface area contributed by atoms with Crippen LogP contribution >= 0.6 is 23.7 Å². The highest BCUT2D eigenvalue weighted by Gasteiger charge is 2.24. The van der Waals surface area contributed by atoms with E-state index in [0.29, 0.717) is 4.88 Å². The van der Waals surface area contributed by atoms with Crippen molar-refractivity contribution in [3.63, 3.8) is 0 Å². The minimum absolute atomic E-state index is 0. The Bertz CT molecular complexity index is 383. The summed E-state index contributed by atoms with van der Waals surface area (Å²) < 4.78 is 0. The molecule has 1 saturated carbocycles. The van der Waals surface area contributed by atoms with Crippen molar-refractivity contribution in [1.29, 1.82) is 0 Å². The summed E-state index contributed by atoms with van der Waals surface area (Å²) in [5, 5.41) is 3.02. The molecule has 1 aromatic heterocycles. The molecule has 1 aromatic rings. The molecule has 0 spiro atoms. The minimum atomic E-state index is -0.0256. The smallest absolute Gasteiger partial charge is 0.263 e. The second-order valence-electron chi connectivity index (χ2n) is 4.30. The number of nitrogens with one attached hydrogen (secondary N) is 1. The Hall–Kier alpha value is -0.650. The highest BCUT2D eigenvalue weighted by atomic mass is 35.5. The quantitative estimate of drug-likeness (QED) is 0.866. The second kappa shape index (κ2) is 6.33. The van der Waals surface area contributed by atoms with E-state index in [9.17, 15) is 4.79 Å². The van der Waals surface area contributed by atoms with Gasteiger partial charge in [0.2, 0.25) is 0 Å². The predicted octanol–water partition coefficient (Wildman–Crippen LogP) is 1.87. The molecule has 3 N–H and O–H groups in total. The van der Waals surface area contributed by atoms with Crippen LogP contribution in [0.25, 0.3) is 0 Å². The Kier molecular flexibility index (Phi) is 5.36. The van der Waals surface area contributed by atoms with Gasteiger partial charge in [-0.3, -0.25) is 4.79 Å². The minimum Gasteiger partial charge on any atom is -0.347 e. The van der Waals surface area contributed by atoms with E-state index in [1.54, 1.807) is 5.51 Å². The highest BCUT2D eigenvalue weighted by molar-refractivity contribution is 7.11. The van der Waals surface area contributed by atoms with Crippen LogP contribution in [-0.4, -0.2) is 23.0 Å². The summed E-state index contributed by atoms with van der Waals surface area (Å²) in [6.45, 7) is 1.85. The van der Waals surface area contributed by atoms with Crippen LogP contribution in [0.3, 0.4) is 0 Å². The molecular formula is C11H18ClN3OS. The summed E-state index contributed by atoms with van der Waals surface area (Å²) in [6.07, 6.45) is 4.32. The van der Waals surface area contributed by atoms with Crippen molar-refractivity contribution >= 4 is 29.7 Å². The van der Waals surface area contributed by atoms with Gasteiger partial charge in [-0.1, -0.05) is 12.8 Å². The van der Waals surface area contributed by atoms with Crippen molar-refractivity contribution in [1.82, 2.24) is 10.3 Å². The SMILES string of the molecule is Cc1ncsc1C(=O)N[C@@H]1CCCC[C@H]1N.Cl. The van der Waals surface area contributed by atoms with Crippen LogP contribution in [0, 0.1) is 6.92 Å². The van der Waals surface area contributed by atoms with Crippen LogP contribution in [0.1, 0.15) is 41.0 Å². The molecule has 1 aliphatic rings. The van der Waals surface area contributed by atoms with Crippen molar-refractivity contribution in [3.8, 4) is 0 Å². The van der Waals surface area contributed by atoms with Gasteiger partial charge in [-0.15, -0.1) is 23.7 Å². The molecule has 1 amide bonds. The number of amides is 1. The zero-order valence-corrected chi connectivity index (χ0v) is 11.4. The van der Waals surface area contributed by atoms with Gasteiger partial charge >= 0.3 is 0 Å². The lowest BCUT2D eigenvalue weighted by Gasteiger charge is -2.29. The number of rotatable bonds is 2. The number of hydrogen-bond donors (Lipinski definition) is 2. The summed E-state index contributed by atoms with van der Waals surface area (Å²) in [5.74, 6) is -0.0256. The number of carbonyl (C=O) groups excluding carboxylic acids is 1. The highest BCUT2D eigenvalue weighted by Crippen LogP contribution is 2.18. The van der Waals surface area contributed by atoms with Gasteiger partial charge < -0.3 is 11.1 Å². The first-order chi connectivity index (χ1) is 7.68. The average molecular weight is 276 g/mol. The molecular weight excluding hydrogens is 258 g/mol. The fourth-order valence-electron chi connectivity index (χ4n) is 2.09. The third kappa shape index (κ3) is 3.40. The largest absolute Gasteiger partial charge is 0.347 e. The maximum Gasteiger partial charge on any atom is 0.263 e. The Morgan fingerprint density at radius 2 is 2.24 bits per heavy atom. The van der Waals surface area contributed by atoms with Crippen LogP contribution in [0.2, 0.25) is 0 Å². The van der Waals surface area contributed by atoms with Crippen molar-refractivity contribution in [2.24, 2.45) is 5.73 Å². The Morgan fingerprint density at radius 1 is 1.53 bits per heavy atom. The molecule has 0 bridgehead atoms. The van der Waals surface area contributed by atoms with E-state index in [-0.39, 0.29) is 30.4 Å². The number of halogens is 1. The third-order valence-corrected chi connectivity index (χ3v) is 4.01. The van der Waals surface area contributed by atoms with Gasteiger partial charge in [0.25, 0.3) is 5.91 Å². The molecule has 1 fully saturated rings. The van der Waals surface area contributed by atoms with E-state index in [2.05, 4.69) is 10.3 Å². The molecule has 4 nitrogen and oxygen atoms in total. The molecule has 0 aliphatic heterocycles. The van der Waals surface area contributed by atoms with Gasteiger partial charge in [-0.2, -0.15) is 0 Å². The van der Waals surface area contributed by atoms with Gasteiger partial charge in [0, 0.05) is 12.1 Å². The summed E-state index contributed by atoms with van der Waals surface area (Å²) in [7, 11) is 0. The summed E-state index contributed by atoms with van der Waals surface area (Å²) >= 11 is 1.38. The first-order valence-corrected chi connectivity index (χ1v) is 6.53. The van der Waals surface area contributed by atoms with Crippen molar-refractivity contribution in [2.75, 3.05) is 0 Å². The van der Waals surface area contributed by atoms with Gasteiger partial charge in [0.1, 0.15) is 4.88 Å². The number of carbonyl (C=O) groups is 1. The van der Waals surface area contributed by atoms with Crippen LogP contribution in [-0.2, 0) is 0 Å². The van der Waals surface area contributed by atoms with E-state index in [0.717, 1.165) is 25.0 Å². The summed E-state index contributed by atoms with van der Waals surface area (Å²) in [5.41, 5.74) is 8.49. The molecule has 96 valence electrons. The zero-order valence-electron chi connectivity index (χ0n) is 9.81. The Morgan fingerprint density at radius 3 is 2.82 bits per heavy atom. The Balaban J connectivity index is 0.00000144. The Labute approximate surface area is 111 Å². The monoisotopic (exact) mass is 275 g/mol. The first kappa shape index (κ1) is 14.4. The zero-order chi connectivity index (χ0) is 11.5. The molecule has 0 aromatic carbocycles. The molecule has 0 radical (unpaired) electrons. The first-order valence-electron chi connectivity index (χ1n) is 5.65.